The van der Waals surface area contributed by atoms with Crippen LogP contribution in [0.4, 0.5) is 10.2 Å². The van der Waals surface area contributed by atoms with Crippen molar-refractivity contribution in [1.82, 2.24) is 19.7 Å². The molecule has 1 aliphatic rings. The number of piperidine rings is 1. The number of aromatic amines is 1. The van der Waals surface area contributed by atoms with Gasteiger partial charge in [-0.3, -0.25) is 4.79 Å². The van der Waals surface area contributed by atoms with E-state index in [0.717, 1.165) is 52.6 Å². The highest BCUT2D eigenvalue weighted by Gasteiger charge is 2.23. The number of para-hydroxylation sites is 1. The average molecular weight is 649 g/mol. The van der Waals surface area contributed by atoms with E-state index in [9.17, 15) is 14.3 Å². The van der Waals surface area contributed by atoms with Crippen LogP contribution in [-0.4, -0.2) is 62.9 Å². The third-order valence-electron chi connectivity index (χ3n) is 7.67. The minimum Gasteiger partial charge on any atom is -0.489 e. The molecule has 5 aromatic rings. The number of ketones is 1. The number of nitrogens with two attached hydrogens (primary N) is 1. The molecule has 43 heavy (non-hydrogen) atoms. The van der Waals surface area contributed by atoms with Crippen molar-refractivity contribution in [2.75, 3.05) is 32.0 Å². The predicted octanol–water partition coefficient (Wildman–Crippen LogP) is 6.00. The lowest BCUT2D eigenvalue weighted by molar-refractivity contribution is 0.0885. The minimum absolute atomic E-state index is 0.0816. The predicted molar refractivity (Wildman–Crippen MR) is 166 cm³/mol. The molecule has 11 heteroatoms. The standard InChI is InChI=1S/C32H31BrFN5O4/c1-19-14-21(6-7-28(19)43-29-5-3-2-4-25(29)34)39-32(35)23(18-36-39)31(41)27-15-20-16-30(24(33)17-26(20)37-27)42-22-8-10-38(11-9-22)12-13-40/h2-7,14-18,22,37,40H,8-13,35H2,1H3. The summed E-state index contributed by atoms with van der Waals surface area (Å²) in [7, 11) is 0. The number of carbonyl (C=O) groups is 1. The number of nitrogens with zero attached hydrogens (tertiary/aromatic N) is 3. The second kappa shape index (κ2) is 12.2. The maximum absolute atomic E-state index is 14.1. The van der Waals surface area contributed by atoms with Crippen LogP contribution in [0.5, 0.6) is 17.2 Å². The van der Waals surface area contributed by atoms with Gasteiger partial charge in [0.1, 0.15) is 23.4 Å². The Labute approximate surface area is 256 Å². The molecular weight excluding hydrogens is 617 g/mol. The molecule has 1 saturated heterocycles. The summed E-state index contributed by atoms with van der Waals surface area (Å²) in [6.45, 7) is 4.45. The van der Waals surface area contributed by atoms with Crippen molar-refractivity contribution in [3.8, 4) is 22.9 Å². The first-order chi connectivity index (χ1) is 20.8. The molecule has 2 aromatic heterocycles. The number of hydrogen-bond acceptors (Lipinski definition) is 7. The van der Waals surface area contributed by atoms with Gasteiger partial charge in [0.25, 0.3) is 0 Å². The molecule has 1 aliphatic heterocycles. The van der Waals surface area contributed by atoms with Crippen LogP contribution in [0.2, 0.25) is 0 Å². The number of hydrogen-bond donors (Lipinski definition) is 3. The van der Waals surface area contributed by atoms with Gasteiger partial charge in [-0.1, -0.05) is 12.1 Å². The van der Waals surface area contributed by atoms with Gasteiger partial charge in [0.2, 0.25) is 5.78 Å². The van der Waals surface area contributed by atoms with Gasteiger partial charge < -0.3 is 30.2 Å². The number of halogens is 2. The van der Waals surface area contributed by atoms with Crippen molar-refractivity contribution in [3.63, 3.8) is 0 Å². The van der Waals surface area contributed by atoms with E-state index in [1.807, 2.05) is 25.1 Å². The number of H-pyrrole nitrogens is 1. The van der Waals surface area contributed by atoms with Gasteiger partial charge in [-0.05, 0) is 89.8 Å². The van der Waals surface area contributed by atoms with Crippen LogP contribution < -0.4 is 15.2 Å². The molecule has 0 radical (unpaired) electrons. The van der Waals surface area contributed by atoms with Crippen molar-refractivity contribution >= 4 is 38.4 Å². The van der Waals surface area contributed by atoms with Crippen LogP contribution >= 0.6 is 15.9 Å². The number of carbonyl (C=O) groups excluding carboxylic acids is 1. The molecule has 0 aliphatic carbocycles. The molecule has 222 valence electrons. The average Bonchev–Trinajstić information content (AvgIpc) is 3.59. The van der Waals surface area contributed by atoms with E-state index in [1.54, 1.807) is 36.4 Å². The van der Waals surface area contributed by atoms with Gasteiger partial charge in [0.05, 0.1) is 34.2 Å². The Morgan fingerprint density at radius 2 is 1.91 bits per heavy atom. The van der Waals surface area contributed by atoms with Crippen LogP contribution in [0.3, 0.4) is 0 Å². The summed E-state index contributed by atoms with van der Waals surface area (Å²) in [4.78, 5) is 19.0. The highest BCUT2D eigenvalue weighted by Crippen LogP contribution is 2.34. The second-order valence-corrected chi connectivity index (χ2v) is 11.5. The summed E-state index contributed by atoms with van der Waals surface area (Å²) in [6.07, 6.45) is 3.30. The van der Waals surface area contributed by atoms with E-state index < -0.39 is 5.82 Å². The van der Waals surface area contributed by atoms with Crippen LogP contribution in [0, 0.1) is 12.7 Å². The van der Waals surface area contributed by atoms with Gasteiger partial charge in [-0.2, -0.15) is 5.10 Å². The smallest absolute Gasteiger partial charge is 0.214 e. The van der Waals surface area contributed by atoms with Crippen molar-refractivity contribution in [2.24, 2.45) is 0 Å². The maximum Gasteiger partial charge on any atom is 0.214 e. The number of ether oxygens (including phenoxy) is 2. The second-order valence-electron chi connectivity index (χ2n) is 10.6. The monoisotopic (exact) mass is 647 g/mol. The molecule has 0 spiro atoms. The lowest BCUT2D eigenvalue weighted by Crippen LogP contribution is -2.39. The number of aliphatic hydroxyl groups excluding tert-OH is 1. The van der Waals surface area contributed by atoms with E-state index in [0.29, 0.717) is 23.7 Å². The SMILES string of the molecule is Cc1cc(-n2ncc(C(=O)c3cc4cc(OC5CCN(CCO)CC5)c(Br)cc4[nH]3)c2N)ccc1Oc1ccccc1F. The first kappa shape index (κ1) is 28.9. The van der Waals surface area contributed by atoms with Crippen LogP contribution in [0.25, 0.3) is 16.6 Å². The van der Waals surface area contributed by atoms with Crippen LogP contribution in [0.1, 0.15) is 34.5 Å². The normalized spacial score (nSPS) is 14.3. The molecule has 0 saturated carbocycles. The van der Waals surface area contributed by atoms with E-state index in [1.165, 1.54) is 16.9 Å². The Bertz CT molecular complexity index is 1790. The number of benzene rings is 3. The molecule has 1 fully saturated rings. The zero-order valence-electron chi connectivity index (χ0n) is 23.5. The van der Waals surface area contributed by atoms with Gasteiger partial charge in [0.15, 0.2) is 11.6 Å². The molecule has 3 aromatic carbocycles. The molecule has 6 rings (SSSR count). The Hall–Kier alpha value is -4.19. The molecular formula is C32H31BrFN5O4. The summed E-state index contributed by atoms with van der Waals surface area (Å²) >= 11 is 3.61. The first-order valence-electron chi connectivity index (χ1n) is 14.0. The van der Waals surface area contributed by atoms with E-state index in [2.05, 4.69) is 30.9 Å². The Kier molecular flexibility index (Phi) is 8.20. The van der Waals surface area contributed by atoms with Crippen molar-refractivity contribution in [3.05, 3.63) is 94.0 Å². The molecule has 0 bridgehead atoms. The number of aliphatic hydroxyl groups is 1. The summed E-state index contributed by atoms with van der Waals surface area (Å²) in [5, 5.41) is 14.4. The van der Waals surface area contributed by atoms with Crippen molar-refractivity contribution in [1.29, 1.82) is 0 Å². The van der Waals surface area contributed by atoms with Crippen LogP contribution in [0.15, 0.2) is 71.3 Å². The Morgan fingerprint density at radius 1 is 1.12 bits per heavy atom. The number of anilines is 1. The van der Waals surface area contributed by atoms with Gasteiger partial charge in [-0.25, -0.2) is 9.07 Å². The fourth-order valence-electron chi connectivity index (χ4n) is 5.33. The van der Waals surface area contributed by atoms with Gasteiger partial charge >= 0.3 is 0 Å². The largest absolute Gasteiger partial charge is 0.489 e. The summed E-state index contributed by atoms with van der Waals surface area (Å²) in [5.74, 6) is 0.809. The number of nitrogen functional groups attached to an aromatic ring is 1. The third kappa shape index (κ3) is 6.01. The Morgan fingerprint density at radius 3 is 2.65 bits per heavy atom. The topological polar surface area (TPSA) is 119 Å². The highest BCUT2D eigenvalue weighted by atomic mass is 79.9. The van der Waals surface area contributed by atoms with E-state index in [4.69, 9.17) is 15.2 Å². The maximum atomic E-state index is 14.1. The highest BCUT2D eigenvalue weighted by molar-refractivity contribution is 9.10. The number of aromatic nitrogens is 3. The lowest BCUT2D eigenvalue weighted by atomic mass is 10.1. The zero-order valence-corrected chi connectivity index (χ0v) is 25.1. The summed E-state index contributed by atoms with van der Waals surface area (Å²) in [5.41, 5.74) is 9.24. The molecule has 0 atom stereocenters. The molecule has 4 N–H and O–H groups in total. The fourth-order valence-corrected chi connectivity index (χ4v) is 5.76. The third-order valence-corrected chi connectivity index (χ3v) is 8.29. The molecule has 3 heterocycles. The zero-order chi connectivity index (χ0) is 30.1. The van der Waals surface area contributed by atoms with Crippen LogP contribution in [-0.2, 0) is 0 Å². The molecule has 9 nitrogen and oxygen atoms in total. The summed E-state index contributed by atoms with van der Waals surface area (Å²) in [6, 6.07) is 17.1. The summed E-state index contributed by atoms with van der Waals surface area (Å²) < 4.78 is 28.4. The van der Waals surface area contributed by atoms with Gasteiger partial charge in [-0.15, -0.1) is 0 Å². The lowest BCUT2D eigenvalue weighted by Gasteiger charge is -2.31. The number of fused-ring (bicyclic) bond motifs is 1. The van der Waals surface area contributed by atoms with E-state index in [-0.39, 0.29) is 35.6 Å². The number of rotatable bonds is 9. The minimum atomic E-state index is -0.450. The first-order valence-corrected chi connectivity index (χ1v) is 14.8. The van der Waals surface area contributed by atoms with Crippen molar-refractivity contribution < 1.29 is 23.8 Å². The fraction of sp³-hybridized carbons (Fsp3) is 0.250. The number of aryl methyl sites for hydroxylation is 1. The molecule has 0 unspecified atom stereocenters. The van der Waals surface area contributed by atoms with Crippen molar-refractivity contribution in [2.45, 2.75) is 25.9 Å². The Balaban J connectivity index is 1.19. The quantitative estimate of drug-likeness (QED) is 0.168. The van der Waals surface area contributed by atoms with E-state index >= 15 is 0 Å². The number of β-amino-alcohol motifs (C(OH)–C–C–N with tert-alkyl or cyclic N) is 1. The molecule has 0 amide bonds. The van der Waals surface area contributed by atoms with Gasteiger partial charge in [0, 0.05) is 30.5 Å². The number of nitrogens with one attached hydrogen (secondary N) is 1. The number of likely N-dealkylation sites (tertiary alicyclic amines) is 1.